The average molecular weight is 249 g/mol. The van der Waals surface area contributed by atoms with E-state index in [2.05, 4.69) is 34.6 Å². The highest BCUT2D eigenvalue weighted by Gasteiger charge is 2.09. The third kappa shape index (κ3) is 2.98. The van der Waals surface area contributed by atoms with E-state index in [1.807, 2.05) is 38.5 Å². The van der Waals surface area contributed by atoms with Crippen molar-refractivity contribution in [1.29, 1.82) is 0 Å². The average Bonchev–Trinajstić information content (AvgIpc) is 2.66. The van der Waals surface area contributed by atoms with E-state index in [9.17, 15) is 0 Å². The van der Waals surface area contributed by atoms with Gasteiger partial charge in [-0.2, -0.15) is 9.61 Å². The van der Waals surface area contributed by atoms with Crippen LogP contribution in [0.25, 0.3) is 5.65 Å². The molecule has 0 unspecified atom stereocenters. The minimum Gasteiger partial charge on any atom is -0.370 e. The van der Waals surface area contributed by atoms with Crippen LogP contribution in [0.4, 0.5) is 5.82 Å². The van der Waals surface area contributed by atoms with Crippen molar-refractivity contribution >= 4 is 11.5 Å². The third-order valence-corrected chi connectivity index (χ3v) is 2.55. The highest BCUT2D eigenvalue weighted by molar-refractivity contribution is 5.55. The van der Waals surface area contributed by atoms with Crippen LogP contribution < -0.4 is 10.6 Å². The Labute approximate surface area is 109 Å². The zero-order chi connectivity index (χ0) is 13.7. The van der Waals surface area contributed by atoms with Crippen LogP contribution >= 0.6 is 0 Å². The van der Waals surface area contributed by atoms with Crippen LogP contribution in [0.15, 0.2) is 6.07 Å². The molecule has 0 atom stereocenters. The van der Waals surface area contributed by atoms with Gasteiger partial charge in [-0.05, 0) is 41.8 Å². The third-order valence-electron chi connectivity index (χ3n) is 2.55. The highest BCUT2D eigenvalue weighted by atomic mass is 15.3. The lowest BCUT2D eigenvalue weighted by molar-refractivity contribution is 0.893. The molecule has 0 aliphatic rings. The smallest absolute Gasteiger partial charge is 0.157 e. The number of nitrogens with zero attached hydrogens (tertiary/aromatic N) is 3. The van der Waals surface area contributed by atoms with Gasteiger partial charge in [-0.1, -0.05) is 0 Å². The standard InChI is InChI=1S/C11H16N4.C2H7N/c1-5-12-11-8(3)9(4)13-10-6-7(2)14-15(10)11;1-3-2/h6,12H,5H2,1-4H3;3H,1-2H3. The van der Waals surface area contributed by atoms with Crippen molar-refractivity contribution in [2.24, 2.45) is 0 Å². The van der Waals surface area contributed by atoms with Crippen molar-refractivity contribution in [2.45, 2.75) is 27.7 Å². The predicted octanol–water partition coefficient (Wildman–Crippen LogP) is 1.92. The molecule has 2 aromatic rings. The molecular weight excluding hydrogens is 226 g/mol. The fourth-order valence-electron chi connectivity index (χ4n) is 1.69. The Balaban J connectivity index is 0.000000492. The molecule has 0 fully saturated rings. The molecule has 2 rings (SSSR count). The van der Waals surface area contributed by atoms with Gasteiger partial charge in [-0.25, -0.2) is 4.98 Å². The maximum absolute atomic E-state index is 4.50. The van der Waals surface area contributed by atoms with Crippen molar-refractivity contribution in [1.82, 2.24) is 19.9 Å². The van der Waals surface area contributed by atoms with Crippen LogP contribution in [0.3, 0.4) is 0 Å². The van der Waals surface area contributed by atoms with Crippen LogP contribution in [0, 0.1) is 20.8 Å². The first-order chi connectivity index (χ1) is 8.54. The lowest BCUT2D eigenvalue weighted by Gasteiger charge is -2.11. The maximum atomic E-state index is 4.50. The number of hydrogen-bond acceptors (Lipinski definition) is 4. The van der Waals surface area contributed by atoms with E-state index in [1.165, 1.54) is 0 Å². The van der Waals surface area contributed by atoms with Gasteiger partial charge in [0.2, 0.25) is 0 Å². The zero-order valence-corrected chi connectivity index (χ0v) is 12.1. The Morgan fingerprint density at radius 2 is 1.83 bits per heavy atom. The van der Waals surface area contributed by atoms with Crippen molar-refractivity contribution in [3.8, 4) is 0 Å². The molecule has 0 amide bonds. The summed E-state index contributed by atoms with van der Waals surface area (Å²) < 4.78 is 1.88. The number of nitrogens with one attached hydrogen (secondary N) is 2. The number of rotatable bonds is 2. The van der Waals surface area contributed by atoms with E-state index < -0.39 is 0 Å². The van der Waals surface area contributed by atoms with Gasteiger partial charge in [0, 0.05) is 23.9 Å². The Morgan fingerprint density at radius 3 is 2.39 bits per heavy atom. The molecule has 18 heavy (non-hydrogen) atoms. The van der Waals surface area contributed by atoms with Gasteiger partial charge in [-0.15, -0.1) is 0 Å². The summed E-state index contributed by atoms with van der Waals surface area (Å²) in [4.78, 5) is 4.50. The Hall–Kier alpha value is -1.62. The van der Waals surface area contributed by atoms with Crippen LogP contribution in [0.1, 0.15) is 23.9 Å². The molecule has 0 radical (unpaired) electrons. The number of hydrogen-bond donors (Lipinski definition) is 2. The molecule has 2 aromatic heterocycles. The molecule has 2 N–H and O–H groups in total. The summed E-state index contributed by atoms with van der Waals surface area (Å²) in [5, 5.41) is 10.5. The van der Waals surface area contributed by atoms with E-state index in [0.717, 1.165) is 35.0 Å². The van der Waals surface area contributed by atoms with Crippen LogP contribution in [-0.4, -0.2) is 35.2 Å². The summed E-state index contributed by atoms with van der Waals surface area (Å²) in [7, 11) is 3.75. The highest BCUT2D eigenvalue weighted by Crippen LogP contribution is 2.19. The Kier molecular flexibility index (Phi) is 5.09. The molecule has 0 aliphatic heterocycles. The van der Waals surface area contributed by atoms with Gasteiger partial charge in [-0.3, -0.25) is 0 Å². The fourth-order valence-corrected chi connectivity index (χ4v) is 1.69. The summed E-state index contributed by atoms with van der Waals surface area (Å²) in [6.07, 6.45) is 0. The van der Waals surface area contributed by atoms with E-state index in [4.69, 9.17) is 0 Å². The van der Waals surface area contributed by atoms with Gasteiger partial charge >= 0.3 is 0 Å². The van der Waals surface area contributed by atoms with Gasteiger partial charge in [0.15, 0.2) is 5.65 Å². The largest absolute Gasteiger partial charge is 0.370 e. The molecule has 0 saturated carbocycles. The molecule has 0 spiro atoms. The molecule has 2 heterocycles. The van der Waals surface area contributed by atoms with Crippen molar-refractivity contribution in [3.05, 3.63) is 23.0 Å². The molecular formula is C13H23N5. The lowest BCUT2D eigenvalue weighted by Crippen LogP contribution is -2.08. The van der Waals surface area contributed by atoms with Crippen LogP contribution in [0.5, 0.6) is 0 Å². The van der Waals surface area contributed by atoms with Crippen molar-refractivity contribution in [3.63, 3.8) is 0 Å². The van der Waals surface area contributed by atoms with Gasteiger partial charge in [0.05, 0.1) is 5.69 Å². The molecule has 5 nitrogen and oxygen atoms in total. The second-order valence-electron chi connectivity index (χ2n) is 4.26. The molecule has 0 saturated heterocycles. The summed E-state index contributed by atoms with van der Waals surface area (Å²) >= 11 is 0. The summed E-state index contributed by atoms with van der Waals surface area (Å²) in [6, 6.07) is 1.99. The van der Waals surface area contributed by atoms with E-state index in [1.54, 1.807) is 0 Å². The Morgan fingerprint density at radius 1 is 1.22 bits per heavy atom. The zero-order valence-electron chi connectivity index (χ0n) is 12.1. The summed E-state index contributed by atoms with van der Waals surface area (Å²) in [6.45, 7) is 9.04. The van der Waals surface area contributed by atoms with Crippen LogP contribution in [0.2, 0.25) is 0 Å². The lowest BCUT2D eigenvalue weighted by atomic mass is 10.2. The van der Waals surface area contributed by atoms with Gasteiger partial charge in [0.1, 0.15) is 5.82 Å². The van der Waals surface area contributed by atoms with E-state index in [0.29, 0.717) is 0 Å². The van der Waals surface area contributed by atoms with Crippen molar-refractivity contribution < 1.29 is 0 Å². The van der Waals surface area contributed by atoms with Crippen LogP contribution in [-0.2, 0) is 0 Å². The van der Waals surface area contributed by atoms with Gasteiger partial charge in [0.25, 0.3) is 0 Å². The molecule has 100 valence electrons. The van der Waals surface area contributed by atoms with Crippen molar-refractivity contribution in [2.75, 3.05) is 26.0 Å². The summed E-state index contributed by atoms with van der Waals surface area (Å²) in [5.74, 6) is 1.05. The number of aromatic nitrogens is 3. The molecule has 0 bridgehead atoms. The minimum absolute atomic E-state index is 0.887. The second-order valence-corrected chi connectivity index (χ2v) is 4.26. The van der Waals surface area contributed by atoms with E-state index >= 15 is 0 Å². The topological polar surface area (TPSA) is 54.2 Å². The first-order valence-electron chi connectivity index (χ1n) is 6.21. The predicted molar refractivity (Wildman–Crippen MR) is 76.3 cm³/mol. The molecule has 5 heteroatoms. The second kappa shape index (κ2) is 6.35. The van der Waals surface area contributed by atoms with E-state index in [-0.39, 0.29) is 0 Å². The number of fused-ring (bicyclic) bond motifs is 1. The maximum Gasteiger partial charge on any atom is 0.157 e. The quantitative estimate of drug-likeness (QED) is 0.854. The normalized spacial score (nSPS) is 10.1. The monoisotopic (exact) mass is 249 g/mol. The Bertz CT molecular complexity index is 516. The minimum atomic E-state index is 0.887. The first kappa shape index (κ1) is 14.4. The fraction of sp³-hybridized carbons (Fsp3) is 0.538. The molecule has 0 aromatic carbocycles. The van der Waals surface area contributed by atoms with Gasteiger partial charge < -0.3 is 10.6 Å². The number of aryl methyl sites for hydroxylation is 2. The SMILES string of the molecule is CCNc1c(C)c(C)nc2cc(C)nn12.CNC. The molecule has 0 aliphatic carbocycles. The summed E-state index contributed by atoms with van der Waals surface area (Å²) in [5.41, 5.74) is 4.11. The first-order valence-corrected chi connectivity index (χ1v) is 6.21. The number of anilines is 1.